The highest BCUT2D eigenvalue weighted by atomic mass is 35.5. The lowest BCUT2D eigenvalue weighted by Crippen LogP contribution is -2.25. The van der Waals surface area contributed by atoms with Gasteiger partial charge in [-0.1, -0.05) is 24.6 Å². The van der Waals surface area contributed by atoms with E-state index in [0.717, 1.165) is 11.6 Å². The Bertz CT molecular complexity index is 335. The van der Waals surface area contributed by atoms with Gasteiger partial charge in [-0.2, -0.15) is 0 Å². The summed E-state index contributed by atoms with van der Waals surface area (Å²) >= 11 is 6.01. The summed E-state index contributed by atoms with van der Waals surface area (Å²) in [7, 11) is 0. The highest BCUT2D eigenvalue weighted by Gasteiger charge is 2.19. The average Bonchev–Trinajstić information content (AvgIpc) is 2.25. The molecule has 0 aromatic heterocycles. The molecule has 0 radical (unpaired) electrons. The number of benzene rings is 1. The van der Waals surface area contributed by atoms with Crippen molar-refractivity contribution in [1.82, 2.24) is 5.32 Å². The number of fused-ring (bicyclic) bond motifs is 1. The fourth-order valence-corrected chi connectivity index (χ4v) is 2.51. The van der Waals surface area contributed by atoms with Gasteiger partial charge in [0, 0.05) is 11.1 Å². The minimum absolute atomic E-state index is 0.547. The van der Waals surface area contributed by atoms with Crippen LogP contribution in [0.25, 0.3) is 0 Å². The van der Waals surface area contributed by atoms with Crippen molar-refractivity contribution in [3.63, 3.8) is 0 Å². The standard InChI is InChI=1S/C13H18ClN/c1-2-8-15-13-5-3-4-10-9-11(14)6-7-12(10)13/h6-7,9,13,15H,2-5,8H2,1H3. The topological polar surface area (TPSA) is 12.0 Å². The van der Waals surface area contributed by atoms with Crippen LogP contribution in [0.2, 0.25) is 5.02 Å². The largest absolute Gasteiger partial charge is 0.310 e. The molecule has 1 nitrogen and oxygen atoms in total. The van der Waals surface area contributed by atoms with E-state index >= 15 is 0 Å². The summed E-state index contributed by atoms with van der Waals surface area (Å²) in [6, 6.07) is 6.86. The number of hydrogen-bond acceptors (Lipinski definition) is 1. The second-order valence-electron chi connectivity index (χ2n) is 4.24. The van der Waals surface area contributed by atoms with Gasteiger partial charge in [-0.3, -0.25) is 0 Å². The van der Waals surface area contributed by atoms with Crippen molar-refractivity contribution >= 4 is 11.6 Å². The van der Waals surface area contributed by atoms with Crippen LogP contribution in [0, 0.1) is 0 Å². The van der Waals surface area contributed by atoms with Crippen LogP contribution in [-0.2, 0) is 6.42 Å². The van der Waals surface area contributed by atoms with Crippen molar-refractivity contribution in [3.8, 4) is 0 Å². The zero-order valence-corrected chi connectivity index (χ0v) is 9.98. The predicted molar refractivity (Wildman–Crippen MR) is 65.4 cm³/mol. The number of halogens is 1. The number of hydrogen-bond donors (Lipinski definition) is 1. The fourth-order valence-electron chi connectivity index (χ4n) is 2.31. The van der Waals surface area contributed by atoms with Crippen LogP contribution in [0.1, 0.15) is 43.4 Å². The number of aryl methyl sites for hydroxylation is 1. The van der Waals surface area contributed by atoms with Crippen molar-refractivity contribution < 1.29 is 0 Å². The van der Waals surface area contributed by atoms with E-state index < -0.39 is 0 Å². The minimum atomic E-state index is 0.547. The molecular formula is C13H18ClN. The van der Waals surface area contributed by atoms with Crippen molar-refractivity contribution in [2.24, 2.45) is 0 Å². The van der Waals surface area contributed by atoms with Crippen LogP contribution in [0.15, 0.2) is 18.2 Å². The molecule has 1 unspecified atom stereocenters. The monoisotopic (exact) mass is 223 g/mol. The smallest absolute Gasteiger partial charge is 0.0408 e. The maximum atomic E-state index is 6.01. The quantitative estimate of drug-likeness (QED) is 0.824. The Labute approximate surface area is 96.8 Å². The predicted octanol–water partition coefficient (Wildman–Crippen LogP) is 3.72. The first-order valence-corrected chi connectivity index (χ1v) is 6.20. The molecule has 15 heavy (non-hydrogen) atoms. The molecule has 2 heteroatoms. The van der Waals surface area contributed by atoms with Gasteiger partial charge in [-0.05, 0) is 55.5 Å². The molecule has 0 saturated carbocycles. The summed E-state index contributed by atoms with van der Waals surface area (Å²) in [5.74, 6) is 0. The normalized spacial score (nSPS) is 20.0. The Morgan fingerprint density at radius 1 is 1.47 bits per heavy atom. The van der Waals surface area contributed by atoms with E-state index in [1.807, 2.05) is 6.07 Å². The van der Waals surface area contributed by atoms with Crippen molar-refractivity contribution in [1.29, 1.82) is 0 Å². The van der Waals surface area contributed by atoms with E-state index in [1.165, 1.54) is 36.8 Å². The van der Waals surface area contributed by atoms with Gasteiger partial charge in [-0.15, -0.1) is 0 Å². The minimum Gasteiger partial charge on any atom is -0.310 e. The highest BCUT2D eigenvalue weighted by molar-refractivity contribution is 6.30. The van der Waals surface area contributed by atoms with Crippen molar-refractivity contribution in [2.75, 3.05) is 6.54 Å². The molecule has 82 valence electrons. The van der Waals surface area contributed by atoms with Gasteiger partial charge >= 0.3 is 0 Å². The van der Waals surface area contributed by atoms with Crippen LogP contribution in [0.5, 0.6) is 0 Å². The molecule has 0 amide bonds. The van der Waals surface area contributed by atoms with Crippen LogP contribution in [-0.4, -0.2) is 6.54 Å². The summed E-state index contributed by atoms with van der Waals surface area (Å²) in [5.41, 5.74) is 2.89. The van der Waals surface area contributed by atoms with Crippen LogP contribution in [0.4, 0.5) is 0 Å². The first-order chi connectivity index (χ1) is 7.31. The molecule has 1 aliphatic carbocycles. The Kier molecular flexibility index (Phi) is 3.66. The summed E-state index contributed by atoms with van der Waals surface area (Å²) in [5, 5.41) is 4.47. The van der Waals surface area contributed by atoms with Crippen molar-refractivity contribution in [3.05, 3.63) is 34.3 Å². The third kappa shape index (κ3) is 2.53. The summed E-state index contributed by atoms with van der Waals surface area (Å²) in [6.07, 6.45) is 4.91. The molecule has 1 aromatic rings. The molecule has 0 heterocycles. The first kappa shape index (κ1) is 11.0. The Morgan fingerprint density at radius 3 is 3.13 bits per heavy atom. The van der Waals surface area contributed by atoms with Crippen LogP contribution >= 0.6 is 11.6 Å². The lowest BCUT2D eigenvalue weighted by molar-refractivity contribution is 0.460. The molecular weight excluding hydrogens is 206 g/mol. The van der Waals surface area contributed by atoms with Gasteiger partial charge in [0.05, 0.1) is 0 Å². The maximum absolute atomic E-state index is 6.01. The van der Waals surface area contributed by atoms with Gasteiger partial charge in [0.15, 0.2) is 0 Å². The number of nitrogens with one attached hydrogen (secondary N) is 1. The second kappa shape index (κ2) is 5.00. The van der Waals surface area contributed by atoms with E-state index in [9.17, 15) is 0 Å². The lowest BCUT2D eigenvalue weighted by Gasteiger charge is -2.26. The molecule has 1 aliphatic rings. The summed E-state index contributed by atoms with van der Waals surface area (Å²) < 4.78 is 0. The molecule has 0 aliphatic heterocycles. The third-order valence-corrected chi connectivity index (χ3v) is 3.30. The summed E-state index contributed by atoms with van der Waals surface area (Å²) in [6.45, 7) is 3.31. The van der Waals surface area contributed by atoms with Crippen LogP contribution < -0.4 is 5.32 Å². The molecule has 2 rings (SSSR count). The van der Waals surface area contributed by atoms with Gasteiger partial charge in [0.1, 0.15) is 0 Å². The van der Waals surface area contributed by atoms with E-state index in [2.05, 4.69) is 24.4 Å². The molecule has 0 spiro atoms. The molecule has 0 bridgehead atoms. The zero-order valence-electron chi connectivity index (χ0n) is 9.22. The third-order valence-electron chi connectivity index (χ3n) is 3.06. The Balaban J connectivity index is 2.18. The van der Waals surface area contributed by atoms with E-state index in [4.69, 9.17) is 11.6 Å². The fraction of sp³-hybridized carbons (Fsp3) is 0.538. The number of rotatable bonds is 3. The van der Waals surface area contributed by atoms with Gasteiger partial charge in [0.2, 0.25) is 0 Å². The zero-order chi connectivity index (χ0) is 10.7. The van der Waals surface area contributed by atoms with E-state index in [1.54, 1.807) is 0 Å². The average molecular weight is 224 g/mol. The highest BCUT2D eigenvalue weighted by Crippen LogP contribution is 2.31. The van der Waals surface area contributed by atoms with Gasteiger partial charge in [0.25, 0.3) is 0 Å². The lowest BCUT2D eigenvalue weighted by atomic mass is 9.88. The molecule has 1 N–H and O–H groups in total. The Morgan fingerprint density at radius 2 is 2.33 bits per heavy atom. The molecule has 0 fully saturated rings. The van der Waals surface area contributed by atoms with Gasteiger partial charge < -0.3 is 5.32 Å². The summed E-state index contributed by atoms with van der Waals surface area (Å²) in [4.78, 5) is 0. The molecule has 1 atom stereocenters. The maximum Gasteiger partial charge on any atom is 0.0408 e. The second-order valence-corrected chi connectivity index (χ2v) is 4.68. The Hall–Kier alpha value is -0.530. The molecule has 0 saturated heterocycles. The van der Waals surface area contributed by atoms with Crippen LogP contribution in [0.3, 0.4) is 0 Å². The van der Waals surface area contributed by atoms with Crippen molar-refractivity contribution in [2.45, 2.75) is 38.6 Å². The van der Waals surface area contributed by atoms with E-state index in [-0.39, 0.29) is 0 Å². The SMILES string of the molecule is CCCNC1CCCc2cc(Cl)ccc21. The van der Waals surface area contributed by atoms with Gasteiger partial charge in [-0.25, -0.2) is 0 Å². The van der Waals surface area contributed by atoms with E-state index in [0.29, 0.717) is 6.04 Å². The molecule has 1 aromatic carbocycles. The first-order valence-electron chi connectivity index (χ1n) is 5.83.